The summed E-state index contributed by atoms with van der Waals surface area (Å²) in [5.41, 5.74) is 7.27. The topological polar surface area (TPSA) is 77.4 Å². The molecule has 0 aliphatic heterocycles. The molecule has 0 radical (unpaired) electrons. The van der Waals surface area contributed by atoms with Gasteiger partial charge in [0.2, 0.25) is 0 Å². The van der Waals surface area contributed by atoms with Crippen LogP contribution < -0.4 is 0 Å². The van der Waals surface area contributed by atoms with E-state index in [2.05, 4.69) is 48.5 Å². The van der Waals surface area contributed by atoms with Gasteiger partial charge in [0.05, 0.1) is 26.4 Å². The number of aromatic hydroxyl groups is 2. The molecule has 0 aromatic heterocycles. The van der Waals surface area contributed by atoms with Crippen molar-refractivity contribution in [2.75, 3.05) is 28.4 Å². The van der Waals surface area contributed by atoms with Crippen molar-refractivity contribution in [2.24, 2.45) is 0 Å². The Balaban J connectivity index is 1.77. The maximum absolute atomic E-state index is 10.9. The van der Waals surface area contributed by atoms with Crippen molar-refractivity contribution in [1.82, 2.24) is 0 Å². The molecule has 5 rings (SSSR count). The van der Waals surface area contributed by atoms with E-state index >= 15 is 0 Å². The summed E-state index contributed by atoms with van der Waals surface area (Å²) in [6, 6.07) is 25.0. The average molecular weight is 553 g/mol. The Kier molecular flexibility index (Phi) is 8.86. The summed E-state index contributed by atoms with van der Waals surface area (Å²) in [5.74, 6) is 0.419. The minimum Gasteiger partial charge on any atom is -0.507 e. The lowest BCUT2D eigenvalue weighted by Crippen LogP contribution is -2.01. The minimum absolute atomic E-state index is 0.203. The Morgan fingerprint density at radius 2 is 0.878 bits per heavy atom. The Bertz CT molecular complexity index is 1580. The zero-order chi connectivity index (χ0) is 28.9. The number of hydrogen-bond acceptors (Lipinski definition) is 6. The number of ether oxygens (including phenoxy) is 4. The standard InChI is InChI=1S/C35H36O6/c1-38-18-24-13-22(14-25(19-39-2)34(24)36)15-32-28-9-5-7-11-30(28)33(31-12-8-6-10-29(31)32)23-16-26(20-40-3)35(37)27(17-23)21-41-4/h5-14,16-17,36-37H,15,18-21H2,1-4H3. The normalized spacial score (nSPS) is 11.5. The molecule has 41 heavy (non-hydrogen) atoms. The van der Waals surface area contributed by atoms with Crippen LogP contribution in [0.1, 0.15) is 33.4 Å². The summed E-state index contributed by atoms with van der Waals surface area (Å²) < 4.78 is 21.6. The number of fused-ring (bicyclic) bond motifs is 2. The summed E-state index contributed by atoms with van der Waals surface area (Å²) in [6.45, 7) is 1.20. The van der Waals surface area contributed by atoms with Gasteiger partial charge in [0, 0.05) is 50.7 Å². The van der Waals surface area contributed by atoms with Gasteiger partial charge in [-0.1, -0.05) is 48.5 Å². The van der Waals surface area contributed by atoms with Crippen molar-refractivity contribution in [3.05, 3.63) is 106 Å². The van der Waals surface area contributed by atoms with Gasteiger partial charge in [-0.3, -0.25) is 0 Å². The fourth-order valence-corrected chi connectivity index (χ4v) is 5.83. The first-order chi connectivity index (χ1) is 20.0. The van der Waals surface area contributed by atoms with Gasteiger partial charge in [0.15, 0.2) is 0 Å². The molecular weight excluding hydrogens is 516 g/mol. The molecule has 0 atom stereocenters. The van der Waals surface area contributed by atoms with Crippen LogP contribution in [-0.2, 0) is 51.8 Å². The summed E-state index contributed by atoms with van der Waals surface area (Å²) in [4.78, 5) is 0. The van der Waals surface area contributed by atoms with Gasteiger partial charge in [-0.15, -0.1) is 0 Å². The van der Waals surface area contributed by atoms with E-state index in [0.29, 0.717) is 32.8 Å². The average Bonchev–Trinajstić information content (AvgIpc) is 2.98. The second-order valence-electron chi connectivity index (χ2n) is 10.3. The first-order valence-corrected chi connectivity index (χ1v) is 13.6. The maximum atomic E-state index is 10.9. The van der Waals surface area contributed by atoms with Crippen LogP contribution in [0, 0.1) is 0 Å². The molecule has 0 heterocycles. The van der Waals surface area contributed by atoms with E-state index in [1.807, 2.05) is 24.3 Å². The quantitative estimate of drug-likeness (QED) is 0.168. The molecule has 2 N–H and O–H groups in total. The van der Waals surface area contributed by atoms with Crippen LogP contribution in [0.3, 0.4) is 0 Å². The van der Waals surface area contributed by atoms with Crippen LogP contribution in [-0.4, -0.2) is 38.7 Å². The molecule has 6 heteroatoms. The van der Waals surface area contributed by atoms with Crippen molar-refractivity contribution in [1.29, 1.82) is 0 Å². The summed E-state index contributed by atoms with van der Waals surface area (Å²) in [5, 5.41) is 26.2. The van der Waals surface area contributed by atoms with Crippen LogP contribution in [0.15, 0.2) is 72.8 Å². The number of phenols is 2. The molecule has 0 saturated heterocycles. The van der Waals surface area contributed by atoms with E-state index < -0.39 is 0 Å². The highest BCUT2D eigenvalue weighted by Crippen LogP contribution is 2.42. The molecule has 0 unspecified atom stereocenters. The molecule has 212 valence electrons. The second-order valence-corrected chi connectivity index (χ2v) is 10.3. The van der Waals surface area contributed by atoms with Crippen molar-refractivity contribution in [2.45, 2.75) is 32.8 Å². The fraction of sp³-hybridized carbons (Fsp3) is 0.257. The van der Waals surface area contributed by atoms with Gasteiger partial charge in [0.1, 0.15) is 11.5 Å². The molecule has 5 aromatic carbocycles. The molecule has 0 saturated carbocycles. The first-order valence-electron chi connectivity index (χ1n) is 13.6. The summed E-state index contributed by atoms with van der Waals surface area (Å²) >= 11 is 0. The predicted molar refractivity (Wildman–Crippen MR) is 162 cm³/mol. The predicted octanol–water partition coefficient (Wildman–Crippen LogP) is 7.25. The molecular formula is C35H36O6. The monoisotopic (exact) mass is 552 g/mol. The lowest BCUT2D eigenvalue weighted by atomic mass is 9.85. The maximum Gasteiger partial charge on any atom is 0.126 e. The van der Waals surface area contributed by atoms with E-state index in [-0.39, 0.29) is 11.5 Å². The Morgan fingerprint density at radius 3 is 1.27 bits per heavy atom. The Hall–Kier alpha value is -3.94. The van der Waals surface area contributed by atoms with E-state index in [0.717, 1.165) is 60.5 Å². The van der Waals surface area contributed by atoms with E-state index in [1.54, 1.807) is 28.4 Å². The third kappa shape index (κ3) is 5.65. The Labute approximate surface area is 240 Å². The van der Waals surface area contributed by atoms with Crippen LogP contribution in [0.5, 0.6) is 11.5 Å². The van der Waals surface area contributed by atoms with Crippen molar-refractivity contribution >= 4 is 21.5 Å². The van der Waals surface area contributed by atoms with Crippen molar-refractivity contribution in [3.63, 3.8) is 0 Å². The lowest BCUT2D eigenvalue weighted by Gasteiger charge is -2.20. The number of methoxy groups -OCH3 is 4. The first kappa shape index (κ1) is 28.6. The molecule has 5 aromatic rings. The minimum atomic E-state index is 0.203. The van der Waals surface area contributed by atoms with Crippen LogP contribution in [0.2, 0.25) is 0 Å². The highest BCUT2D eigenvalue weighted by atomic mass is 16.5. The molecule has 0 aliphatic rings. The van der Waals surface area contributed by atoms with E-state index in [4.69, 9.17) is 18.9 Å². The van der Waals surface area contributed by atoms with Crippen LogP contribution in [0.4, 0.5) is 0 Å². The summed E-state index contributed by atoms with van der Waals surface area (Å²) in [7, 11) is 6.50. The van der Waals surface area contributed by atoms with Crippen LogP contribution >= 0.6 is 0 Å². The van der Waals surface area contributed by atoms with Gasteiger partial charge in [-0.25, -0.2) is 0 Å². The van der Waals surface area contributed by atoms with E-state index in [9.17, 15) is 10.2 Å². The van der Waals surface area contributed by atoms with Crippen molar-refractivity contribution in [3.8, 4) is 22.6 Å². The zero-order valence-corrected chi connectivity index (χ0v) is 24.0. The van der Waals surface area contributed by atoms with Gasteiger partial charge < -0.3 is 29.2 Å². The largest absolute Gasteiger partial charge is 0.507 e. The highest BCUT2D eigenvalue weighted by Gasteiger charge is 2.19. The molecule has 0 fully saturated rings. The SMILES string of the molecule is COCc1cc(Cc2c3ccccc3c(-c3cc(COC)c(O)c(COC)c3)c3ccccc23)cc(COC)c1O. The molecule has 6 nitrogen and oxygen atoms in total. The van der Waals surface area contributed by atoms with Gasteiger partial charge in [-0.2, -0.15) is 0 Å². The molecule has 0 bridgehead atoms. The fourth-order valence-electron chi connectivity index (χ4n) is 5.83. The number of rotatable bonds is 11. The lowest BCUT2D eigenvalue weighted by molar-refractivity contribution is 0.174. The van der Waals surface area contributed by atoms with Crippen LogP contribution in [0.25, 0.3) is 32.7 Å². The van der Waals surface area contributed by atoms with Gasteiger partial charge >= 0.3 is 0 Å². The smallest absolute Gasteiger partial charge is 0.126 e. The third-order valence-electron chi connectivity index (χ3n) is 7.51. The van der Waals surface area contributed by atoms with E-state index in [1.165, 1.54) is 5.56 Å². The molecule has 0 aliphatic carbocycles. The molecule has 0 spiro atoms. The zero-order valence-electron chi connectivity index (χ0n) is 24.0. The van der Waals surface area contributed by atoms with Gasteiger partial charge in [0.25, 0.3) is 0 Å². The molecule has 0 amide bonds. The number of hydrogen-bond donors (Lipinski definition) is 2. The van der Waals surface area contributed by atoms with Crippen molar-refractivity contribution < 1.29 is 29.2 Å². The van der Waals surface area contributed by atoms with Gasteiger partial charge in [-0.05, 0) is 74.5 Å². The third-order valence-corrected chi connectivity index (χ3v) is 7.51. The number of benzene rings is 5. The summed E-state index contributed by atoms with van der Waals surface area (Å²) in [6.07, 6.45) is 0.661. The number of phenolic OH excluding ortho intramolecular Hbond substituents is 2. The highest BCUT2D eigenvalue weighted by molar-refractivity contribution is 6.15. The Morgan fingerprint density at radius 1 is 0.512 bits per heavy atom. The second kappa shape index (κ2) is 12.7.